The van der Waals surface area contributed by atoms with Crippen molar-refractivity contribution in [1.82, 2.24) is 0 Å². The van der Waals surface area contributed by atoms with Crippen LogP contribution >= 0.6 is 0 Å². The molecule has 0 fully saturated rings. The number of hydrogen-bond acceptors (Lipinski definition) is 1. The Labute approximate surface area is 114 Å². The van der Waals surface area contributed by atoms with Crippen molar-refractivity contribution >= 4 is 5.69 Å². The van der Waals surface area contributed by atoms with E-state index in [0.29, 0.717) is 5.92 Å². The highest BCUT2D eigenvalue weighted by Gasteiger charge is 2.10. The molecule has 2 heteroatoms. The average molecular weight is 257 g/mol. The number of para-hydroxylation sites is 1. The minimum Gasteiger partial charge on any atom is -0.378 e. The van der Waals surface area contributed by atoms with Crippen molar-refractivity contribution in [2.75, 3.05) is 5.32 Å². The molecule has 2 rings (SSSR count). The van der Waals surface area contributed by atoms with Crippen molar-refractivity contribution in [3.8, 4) is 0 Å². The molecule has 1 atom stereocenters. The number of rotatable bonds is 4. The second-order valence-electron chi connectivity index (χ2n) is 5.16. The van der Waals surface area contributed by atoms with E-state index >= 15 is 0 Å². The maximum atomic E-state index is 12.9. The van der Waals surface area contributed by atoms with E-state index in [9.17, 15) is 4.39 Å². The van der Waals surface area contributed by atoms with Crippen LogP contribution in [0.2, 0.25) is 0 Å². The molecule has 1 unspecified atom stereocenters. The van der Waals surface area contributed by atoms with Crippen LogP contribution in [0.25, 0.3) is 0 Å². The first kappa shape index (κ1) is 13.6. The van der Waals surface area contributed by atoms with Gasteiger partial charge in [0.1, 0.15) is 5.82 Å². The first-order valence-electron chi connectivity index (χ1n) is 6.69. The summed E-state index contributed by atoms with van der Waals surface area (Å²) >= 11 is 0. The summed E-state index contributed by atoms with van der Waals surface area (Å²) in [5.74, 6) is 0.280. The molecule has 0 aliphatic heterocycles. The molecule has 0 aromatic heterocycles. The highest BCUT2D eigenvalue weighted by Crippen LogP contribution is 2.27. The number of halogens is 1. The van der Waals surface area contributed by atoms with Gasteiger partial charge in [0.25, 0.3) is 0 Å². The van der Waals surface area contributed by atoms with Gasteiger partial charge in [-0.2, -0.15) is 0 Å². The second kappa shape index (κ2) is 5.87. The standard InChI is InChI=1S/C17H20FN/c1-12(2)16-6-4-5-7-17(16)19-13(3)14-8-10-15(18)11-9-14/h4-13,19H,1-3H3. The maximum absolute atomic E-state index is 12.9. The molecule has 0 amide bonds. The summed E-state index contributed by atoms with van der Waals surface area (Å²) in [6.45, 7) is 6.45. The smallest absolute Gasteiger partial charge is 0.123 e. The lowest BCUT2D eigenvalue weighted by Gasteiger charge is -2.20. The van der Waals surface area contributed by atoms with Crippen LogP contribution in [-0.2, 0) is 0 Å². The van der Waals surface area contributed by atoms with Gasteiger partial charge in [-0.05, 0) is 42.2 Å². The van der Waals surface area contributed by atoms with Crippen molar-refractivity contribution in [1.29, 1.82) is 0 Å². The van der Waals surface area contributed by atoms with Crippen molar-refractivity contribution in [3.05, 3.63) is 65.5 Å². The average Bonchev–Trinajstić information content (AvgIpc) is 2.39. The number of hydrogen-bond donors (Lipinski definition) is 1. The molecule has 0 saturated heterocycles. The molecule has 1 N–H and O–H groups in total. The van der Waals surface area contributed by atoms with Gasteiger partial charge >= 0.3 is 0 Å². The van der Waals surface area contributed by atoms with Crippen LogP contribution in [-0.4, -0.2) is 0 Å². The lowest BCUT2D eigenvalue weighted by molar-refractivity contribution is 0.626. The van der Waals surface area contributed by atoms with Crippen molar-refractivity contribution < 1.29 is 4.39 Å². The molecule has 0 radical (unpaired) electrons. The Bertz CT molecular complexity index is 531. The fourth-order valence-electron chi connectivity index (χ4n) is 2.20. The molecule has 2 aromatic carbocycles. The Hall–Kier alpha value is -1.83. The summed E-state index contributed by atoms with van der Waals surface area (Å²) in [5.41, 5.74) is 3.53. The van der Waals surface area contributed by atoms with E-state index in [1.165, 1.54) is 17.7 Å². The minimum absolute atomic E-state index is 0.153. The van der Waals surface area contributed by atoms with Crippen LogP contribution in [0, 0.1) is 5.82 Å². The van der Waals surface area contributed by atoms with Gasteiger partial charge in [0, 0.05) is 11.7 Å². The van der Waals surface area contributed by atoms with Gasteiger partial charge in [0.05, 0.1) is 0 Å². The molecule has 2 aromatic rings. The summed E-state index contributed by atoms with van der Waals surface area (Å²) in [5, 5.41) is 3.51. The summed E-state index contributed by atoms with van der Waals surface area (Å²) < 4.78 is 12.9. The Morgan fingerprint density at radius 1 is 0.895 bits per heavy atom. The molecule has 1 nitrogen and oxygen atoms in total. The quantitative estimate of drug-likeness (QED) is 0.801. The molecule has 100 valence electrons. The molecule has 0 aliphatic rings. The zero-order valence-electron chi connectivity index (χ0n) is 11.7. The largest absolute Gasteiger partial charge is 0.378 e. The highest BCUT2D eigenvalue weighted by atomic mass is 19.1. The van der Waals surface area contributed by atoms with Gasteiger partial charge in [-0.15, -0.1) is 0 Å². The summed E-state index contributed by atoms with van der Waals surface area (Å²) in [7, 11) is 0. The Morgan fingerprint density at radius 2 is 1.53 bits per heavy atom. The number of anilines is 1. The van der Waals surface area contributed by atoms with E-state index in [1.807, 2.05) is 18.2 Å². The topological polar surface area (TPSA) is 12.0 Å². The van der Waals surface area contributed by atoms with Gasteiger partial charge in [-0.3, -0.25) is 0 Å². The molecular formula is C17H20FN. The van der Waals surface area contributed by atoms with E-state index < -0.39 is 0 Å². The lowest BCUT2D eigenvalue weighted by Crippen LogP contribution is -2.09. The van der Waals surface area contributed by atoms with Crippen molar-refractivity contribution in [3.63, 3.8) is 0 Å². The fourth-order valence-corrected chi connectivity index (χ4v) is 2.20. The molecule has 0 heterocycles. The van der Waals surface area contributed by atoms with Crippen LogP contribution in [0.1, 0.15) is 43.9 Å². The van der Waals surface area contributed by atoms with Crippen LogP contribution in [0.3, 0.4) is 0 Å². The minimum atomic E-state index is -0.196. The summed E-state index contributed by atoms with van der Waals surface area (Å²) in [6.07, 6.45) is 0. The summed E-state index contributed by atoms with van der Waals surface area (Å²) in [6, 6.07) is 15.1. The van der Waals surface area contributed by atoms with E-state index in [0.717, 1.165) is 11.3 Å². The van der Waals surface area contributed by atoms with Crippen molar-refractivity contribution in [2.45, 2.75) is 32.7 Å². The van der Waals surface area contributed by atoms with Gasteiger partial charge in [0.2, 0.25) is 0 Å². The molecule has 19 heavy (non-hydrogen) atoms. The zero-order chi connectivity index (χ0) is 13.8. The normalized spacial score (nSPS) is 12.5. The van der Waals surface area contributed by atoms with Crippen LogP contribution in [0.4, 0.5) is 10.1 Å². The Balaban J connectivity index is 2.19. The lowest BCUT2D eigenvalue weighted by atomic mass is 10.00. The van der Waals surface area contributed by atoms with E-state index in [4.69, 9.17) is 0 Å². The first-order valence-corrected chi connectivity index (χ1v) is 6.69. The first-order chi connectivity index (χ1) is 9.08. The zero-order valence-corrected chi connectivity index (χ0v) is 11.7. The van der Waals surface area contributed by atoms with E-state index in [1.54, 1.807) is 0 Å². The fraction of sp³-hybridized carbons (Fsp3) is 0.294. The monoisotopic (exact) mass is 257 g/mol. The van der Waals surface area contributed by atoms with Crippen LogP contribution < -0.4 is 5.32 Å². The molecule has 0 aliphatic carbocycles. The number of nitrogens with one attached hydrogen (secondary N) is 1. The molecule has 0 spiro atoms. The third-order valence-corrected chi connectivity index (χ3v) is 3.32. The predicted octanol–water partition coefficient (Wildman–Crippen LogP) is 5.12. The van der Waals surface area contributed by atoms with Crippen molar-refractivity contribution in [2.24, 2.45) is 0 Å². The third-order valence-electron chi connectivity index (χ3n) is 3.32. The van der Waals surface area contributed by atoms with E-state index in [2.05, 4.69) is 44.3 Å². The van der Waals surface area contributed by atoms with Crippen LogP contribution in [0.5, 0.6) is 0 Å². The van der Waals surface area contributed by atoms with Gasteiger partial charge < -0.3 is 5.32 Å². The van der Waals surface area contributed by atoms with Crippen LogP contribution in [0.15, 0.2) is 48.5 Å². The number of benzene rings is 2. The van der Waals surface area contributed by atoms with Gasteiger partial charge in [-0.1, -0.05) is 44.2 Å². The SMILES string of the molecule is CC(C)c1ccccc1NC(C)c1ccc(F)cc1. The predicted molar refractivity (Wildman–Crippen MR) is 79.0 cm³/mol. The van der Waals surface area contributed by atoms with Gasteiger partial charge in [-0.25, -0.2) is 4.39 Å². The maximum Gasteiger partial charge on any atom is 0.123 e. The Morgan fingerprint density at radius 3 is 2.16 bits per heavy atom. The van der Waals surface area contributed by atoms with Gasteiger partial charge in [0.15, 0.2) is 0 Å². The third kappa shape index (κ3) is 3.34. The van der Waals surface area contributed by atoms with E-state index in [-0.39, 0.29) is 11.9 Å². The molecule has 0 saturated carbocycles. The Kier molecular flexibility index (Phi) is 4.20. The highest BCUT2D eigenvalue weighted by molar-refractivity contribution is 5.53. The molecular weight excluding hydrogens is 237 g/mol. The second-order valence-corrected chi connectivity index (χ2v) is 5.16. The summed E-state index contributed by atoms with van der Waals surface area (Å²) in [4.78, 5) is 0. The molecule has 0 bridgehead atoms.